The van der Waals surface area contributed by atoms with E-state index in [1.807, 2.05) is 24.3 Å². The van der Waals surface area contributed by atoms with Crippen LogP contribution < -0.4 is 20.1 Å². The Morgan fingerprint density at radius 2 is 1.95 bits per heavy atom. The van der Waals surface area contributed by atoms with Gasteiger partial charge in [-0.1, -0.05) is 23.6 Å². The van der Waals surface area contributed by atoms with Gasteiger partial charge in [0.2, 0.25) is 0 Å². The summed E-state index contributed by atoms with van der Waals surface area (Å²) in [5, 5.41) is 7.24. The Hall–Kier alpha value is -4.43. The predicted octanol–water partition coefficient (Wildman–Crippen LogP) is 4.67. The van der Waals surface area contributed by atoms with E-state index < -0.39 is 5.91 Å². The van der Waals surface area contributed by atoms with Gasteiger partial charge in [-0.25, -0.2) is 9.97 Å². The Bertz CT molecular complexity index is 1570. The Balaban J connectivity index is 1.35. The standard InChI is InChI=1S/C30H29ClN6O4/c1-2-5-29(38)36-26-17-23-25(18-28(26)40-15-12-37-10-13-39-14-11-37)33-20-34-30(23)35-21-7-8-27(24(31)16-21)41-19-22-6-3-4-9-32-22/h3-4,6-9,16-18,20H,10-15,19H2,1H3,(H,36,38)(H,33,34,35). The molecule has 1 aliphatic heterocycles. The van der Waals surface area contributed by atoms with Crippen LogP contribution in [-0.2, 0) is 16.1 Å². The number of rotatable bonds is 10. The molecule has 41 heavy (non-hydrogen) atoms. The highest BCUT2D eigenvalue weighted by Gasteiger charge is 2.15. The molecule has 0 radical (unpaired) electrons. The first-order chi connectivity index (χ1) is 20.1. The Kier molecular flexibility index (Phi) is 9.44. The van der Waals surface area contributed by atoms with Crippen LogP contribution in [0, 0.1) is 11.8 Å². The van der Waals surface area contributed by atoms with Crippen molar-refractivity contribution in [3.05, 3.63) is 71.8 Å². The predicted molar refractivity (Wildman–Crippen MR) is 158 cm³/mol. The average Bonchev–Trinajstić information content (AvgIpc) is 2.98. The maximum Gasteiger partial charge on any atom is 0.300 e. The number of amides is 1. The Morgan fingerprint density at radius 1 is 1.07 bits per heavy atom. The van der Waals surface area contributed by atoms with Crippen molar-refractivity contribution in [2.24, 2.45) is 0 Å². The van der Waals surface area contributed by atoms with Gasteiger partial charge < -0.3 is 24.8 Å². The van der Waals surface area contributed by atoms with Crippen molar-refractivity contribution in [3.8, 4) is 23.3 Å². The number of nitrogens with one attached hydrogen (secondary N) is 2. The number of anilines is 3. The van der Waals surface area contributed by atoms with Crippen LogP contribution in [0.2, 0.25) is 5.02 Å². The quantitative estimate of drug-likeness (QED) is 0.262. The van der Waals surface area contributed by atoms with Crippen molar-refractivity contribution in [2.75, 3.05) is 50.1 Å². The third-order valence-corrected chi connectivity index (χ3v) is 6.58. The molecule has 210 valence electrons. The van der Waals surface area contributed by atoms with Crippen molar-refractivity contribution < 1.29 is 19.0 Å². The molecule has 2 aromatic carbocycles. The molecule has 5 rings (SSSR count). The highest BCUT2D eigenvalue weighted by Crippen LogP contribution is 2.35. The summed E-state index contributed by atoms with van der Waals surface area (Å²) in [6.07, 6.45) is 3.18. The van der Waals surface area contributed by atoms with Crippen LogP contribution in [0.1, 0.15) is 12.6 Å². The SMILES string of the molecule is CC#CC(=O)Nc1cc2c(Nc3ccc(OCc4ccccn4)c(Cl)c3)ncnc2cc1OCCN1CCOCC1. The molecule has 0 saturated carbocycles. The van der Waals surface area contributed by atoms with Crippen LogP contribution in [0.15, 0.2) is 61.1 Å². The lowest BCUT2D eigenvalue weighted by atomic mass is 10.1. The first kappa shape index (κ1) is 28.1. The molecule has 0 unspecified atom stereocenters. The summed E-state index contributed by atoms with van der Waals surface area (Å²) in [5.41, 5.74) is 2.62. The first-order valence-corrected chi connectivity index (χ1v) is 13.5. The van der Waals surface area contributed by atoms with E-state index in [-0.39, 0.29) is 0 Å². The molecule has 1 aliphatic rings. The summed E-state index contributed by atoms with van der Waals surface area (Å²) < 4.78 is 17.4. The molecule has 11 heteroatoms. The number of halogens is 1. The summed E-state index contributed by atoms with van der Waals surface area (Å²) in [4.78, 5) is 27.8. The molecule has 1 fully saturated rings. The zero-order chi connectivity index (χ0) is 28.4. The smallest absolute Gasteiger partial charge is 0.300 e. The minimum Gasteiger partial charge on any atom is -0.490 e. The van der Waals surface area contributed by atoms with Gasteiger partial charge in [-0.3, -0.25) is 14.7 Å². The number of aromatic nitrogens is 3. The normalized spacial score (nSPS) is 13.2. The lowest BCUT2D eigenvalue weighted by Crippen LogP contribution is -2.38. The van der Waals surface area contributed by atoms with E-state index in [1.54, 1.807) is 37.4 Å². The van der Waals surface area contributed by atoms with Crippen LogP contribution in [0.25, 0.3) is 10.9 Å². The van der Waals surface area contributed by atoms with Gasteiger partial charge in [0, 0.05) is 43.0 Å². The molecule has 1 amide bonds. The number of benzene rings is 2. The molecule has 3 heterocycles. The molecule has 4 aromatic rings. The van der Waals surface area contributed by atoms with E-state index >= 15 is 0 Å². The van der Waals surface area contributed by atoms with Crippen LogP contribution in [0.4, 0.5) is 17.2 Å². The molecular weight excluding hydrogens is 544 g/mol. The largest absolute Gasteiger partial charge is 0.490 e. The fraction of sp³-hybridized carbons (Fsp3) is 0.267. The summed E-state index contributed by atoms with van der Waals surface area (Å²) in [6.45, 7) is 6.24. The number of hydrogen-bond donors (Lipinski definition) is 2. The third-order valence-electron chi connectivity index (χ3n) is 6.29. The van der Waals surface area contributed by atoms with Crippen LogP contribution in [-0.4, -0.2) is 65.2 Å². The highest BCUT2D eigenvalue weighted by molar-refractivity contribution is 6.32. The number of fused-ring (bicyclic) bond motifs is 1. The number of pyridine rings is 1. The molecule has 10 nitrogen and oxygen atoms in total. The van der Waals surface area contributed by atoms with E-state index in [9.17, 15) is 4.79 Å². The minimum absolute atomic E-state index is 0.303. The van der Waals surface area contributed by atoms with E-state index in [1.165, 1.54) is 6.33 Å². The lowest BCUT2D eigenvalue weighted by Gasteiger charge is -2.26. The molecule has 0 atom stereocenters. The molecule has 1 saturated heterocycles. The molecule has 0 aliphatic carbocycles. The Morgan fingerprint density at radius 3 is 2.73 bits per heavy atom. The fourth-order valence-corrected chi connectivity index (χ4v) is 4.48. The number of hydrogen-bond acceptors (Lipinski definition) is 9. The number of carbonyl (C=O) groups is 1. The molecule has 2 aromatic heterocycles. The van der Waals surface area contributed by atoms with Crippen molar-refractivity contribution in [2.45, 2.75) is 13.5 Å². The van der Waals surface area contributed by atoms with Gasteiger partial charge in [-0.15, -0.1) is 0 Å². The maximum atomic E-state index is 12.4. The van der Waals surface area contributed by atoms with E-state index in [2.05, 4.69) is 42.3 Å². The third kappa shape index (κ3) is 7.61. The first-order valence-electron chi connectivity index (χ1n) is 13.1. The number of ether oxygens (including phenoxy) is 3. The summed E-state index contributed by atoms with van der Waals surface area (Å²) in [6, 6.07) is 14.6. The second-order valence-electron chi connectivity index (χ2n) is 9.10. The van der Waals surface area contributed by atoms with Gasteiger partial charge in [0.05, 0.1) is 35.1 Å². The zero-order valence-corrected chi connectivity index (χ0v) is 23.3. The molecule has 0 bridgehead atoms. The monoisotopic (exact) mass is 572 g/mol. The fourth-order valence-electron chi connectivity index (χ4n) is 4.24. The molecular formula is C30H29ClN6O4. The van der Waals surface area contributed by atoms with Crippen LogP contribution in [0.3, 0.4) is 0 Å². The Labute approximate surface area is 243 Å². The topological polar surface area (TPSA) is 111 Å². The minimum atomic E-state index is -0.440. The van der Waals surface area contributed by atoms with Gasteiger partial charge in [-0.2, -0.15) is 0 Å². The summed E-state index contributed by atoms with van der Waals surface area (Å²) in [5.74, 6) is 6.26. The van der Waals surface area contributed by atoms with E-state index in [0.29, 0.717) is 71.0 Å². The van der Waals surface area contributed by atoms with Gasteiger partial charge in [0.1, 0.15) is 36.9 Å². The summed E-state index contributed by atoms with van der Waals surface area (Å²) in [7, 11) is 0. The van der Waals surface area contributed by atoms with Gasteiger partial charge in [-0.05, 0) is 49.2 Å². The second-order valence-corrected chi connectivity index (χ2v) is 9.51. The van der Waals surface area contributed by atoms with Crippen molar-refractivity contribution >= 4 is 45.6 Å². The number of carbonyl (C=O) groups excluding carboxylic acids is 1. The van der Waals surface area contributed by atoms with Crippen molar-refractivity contribution in [1.29, 1.82) is 0 Å². The number of nitrogens with zero attached hydrogens (tertiary/aromatic N) is 4. The molecule has 2 N–H and O–H groups in total. The highest BCUT2D eigenvalue weighted by atomic mass is 35.5. The van der Waals surface area contributed by atoms with E-state index in [4.69, 9.17) is 25.8 Å². The zero-order valence-electron chi connectivity index (χ0n) is 22.5. The van der Waals surface area contributed by atoms with Crippen molar-refractivity contribution in [1.82, 2.24) is 19.9 Å². The van der Waals surface area contributed by atoms with Crippen LogP contribution in [0.5, 0.6) is 11.5 Å². The molecule has 0 spiro atoms. The summed E-state index contributed by atoms with van der Waals surface area (Å²) >= 11 is 6.51. The van der Waals surface area contributed by atoms with Gasteiger partial charge in [0.25, 0.3) is 5.91 Å². The van der Waals surface area contributed by atoms with Gasteiger partial charge in [0.15, 0.2) is 0 Å². The average molecular weight is 573 g/mol. The van der Waals surface area contributed by atoms with Crippen LogP contribution >= 0.6 is 11.6 Å². The second kappa shape index (κ2) is 13.8. The number of morpholine rings is 1. The van der Waals surface area contributed by atoms with Crippen molar-refractivity contribution in [3.63, 3.8) is 0 Å². The van der Waals surface area contributed by atoms with Gasteiger partial charge >= 0.3 is 0 Å². The maximum absolute atomic E-state index is 12.4. The van der Waals surface area contributed by atoms with E-state index in [0.717, 1.165) is 25.3 Å². The lowest BCUT2D eigenvalue weighted by molar-refractivity contribution is -0.111.